The molecule has 12 nitrogen and oxygen atoms in total. The number of carbonyl (C=O) groups is 4. The molecule has 0 spiro atoms. The van der Waals surface area contributed by atoms with Gasteiger partial charge in [0, 0.05) is 23.7 Å². The quantitative estimate of drug-likeness (QED) is 0.174. The van der Waals surface area contributed by atoms with Gasteiger partial charge in [0.05, 0.1) is 6.61 Å². The van der Waals surface area contributed by atoms with Crippen molar-refractivity contribution < 1.29 is 38.5 Å². The highest BCUT2D eigenvalue weighted by molar-refractivity contribution is 8.02. The molecule has 1 rings (SSSR count). The summed E-state index contributed by atoms with van der Waals surface area (Å²) in [6.07, 6.45) is -0.377. The van der Waals surface area contributed by atoms with Crippen LogP contribution in [0.3, 0.4) is 0 Å². The third kappa shape index (κ3) is 11.8. The summed E-state index contributed by atoms with van der Waals surface area (Å²) in [4.78, 5) is 46.0. The Balaban J connectivity index is 2.78. The van der Waals surface area contributed by atoms with Crippen molar-refractivity contribution in [2.24, 2.45) is 5.73 Å². The summed E-state index contributed by atoms with van der Waals surface area (Å²) < 4.78 is 18.4. The van der Waals surface area contributed by atoms with E-state index in [4.69, 9.17) is 20.5 Å². The van der Waals surface area contributed by atoms with Crippen molar-refractivity contribution in [3.8, 4) is 0 Å². The highest BCUT2D eigenvalue weighted by Crippen LogP contribution is 2.48. The van der Waals surface area contributed by atoms with E-state index in [1.807, 2.05) is 6.07 Å². The number of hydrogen-bond donors (Lipinski definition) is 6. The van der Waals surface area contributed by atoms with Gasteiger partial charge in [-0.3, -0.25) is 23.7 Å². The number of amides is 2. The van der Waals surface area contributed by atoms with Crippen molar-refractivity contribution in [1.82, 2.24) is 10.6 Å². The van der Waals surface area contributed by atoms with Crippen LogP contribution in [0, 0.1) is 0 Å². The smallest absolute Gasteiger partial charge is 0.322 e. The summed E-state index contributed by atoms with van der Waals surface area (Å²) in [6.45, 7) is 1.23. The van der Waals surface area contributed by atoms with Gasteiger partial charge in [-0.05, 0) is 30.9 Å². The van der Waals surface area contributed by atoms with Gasteiger partial charge in [-0.15, -0.1) is 11.8 Å². The Hall–Kier alpha value is -2.86. The van der Waals surface area contributed by atoms with E-state index in [9.17, 15) is 23.7 Å². The second-order valence-electron chi connectivity index (χ2n) is 6.83. The number of carboxylic acids is 2. The Morgan fingerprint density at radius 2 is 1.88 bits per heavy atom. The summed E-state index contributed by atoms with van der Waals surface area (Å²) >= 11 is 1.04. The van der Waals surface area contributed by atoms with Crippen molar-refractivity contribution in [2.75, 3.05) is 24.0 Å². The molecule has 3 atom stereocenters. The molecule has 14 heteroatoms. The molecule has 0 aliphatic heterocycles. The summed E-state index contributed by atoms with van der Waals surface area (Å²) in [6, 6.07) is 6.43. The van der Waals surface area contributed by atoms with Gasteiger partial charge in [0.2, 0.25) is 11.8 Å². The molecule has 2 amide bonds. The molecule has 0 fully saturated rings. The van der Waals surface area contributed by atoms with Gasteiger partial charge >= 0.3 is 19.5 Å². The maximum absolute atomic E-state index is 13.0. The Labute approximate surface area is 201 Å². The molecule has 1 unspecified atom stereocenters. The number of nitrogens with two attached hydrogens (primary N) is 1. The van der Waals surface area contributed by atoms with E-state index < -0.39 is 49.9 Å². The predicted molar refractivity (Wildman–Crippen MR) is 128 cm³/mol. The van der Waals surface area contributed by atoms with Crippen LogP contribution >= 0.6 is 19.3 Å². The number of nitrogens with one attached hydrogen (secondary N) is 3. The summed E-state index contributed by atoms with van der Waals surface area (Å²) in [7, 11) is -3.40. The topological polar surface area (TPSA) is 197 Å². The first kappa shape index (κ1) is 29.2. The zero-order valence-electron chi connectivity index (χ0n) is 18.5. The Kier molecular flexibility index (Phi) is 13.0. The lowest BCUT2D eigenvalue weighted by Crippen LogP contribution is -2.49. The average molecular weight is 517 g/mol. The van der Waals surface area contributed by atoms with Gasteiger partial charge in [-0.1, -0.05) is 18.2 Å². The molecule has 188 valence electrons. The minimum atomic E-state index is -3.40. The number of aliphatic carboxylic acids is 2. The predicted octanol–water partition coefficient (Wildman–Crippen LogP) is 1.41. The standard InChI is InChI=1S/C20H29N4O8PS/c1-2-32-33(31,24-14-6-4-3-5-7-14)10-11-34-13-16(19(28)22-12-18(26)27)23-17(25)9-8-15(21)20(29)30/h3-7,10-11,15-16H,2,8-9,12-13,21H2,1H3,(H,22,28)(H,23,25)(H,24,31)(H,26,27)(H,29,30)/b11-10-/t15-,16-,33?/m0/s1. The number of rotatable bonds is 16. The second-order valence-corrected chi connectivity index (χ2v) is 9.74. The fraction of sp³-hybridized carbons (Fsp3) is 0.400. The van der Waals surface area contributed by atoms with E-state index in [-0.39, 0.29) is 25.2 Å². The number of carbonyl (C=O) groups excluding carboxylic acids is 2. The maximum atomic E-state index is 13.0. The van der Waals surface area contributed by atoms with Crippen molar-refractivity contribution in [2.45, 2.75) is 31.8 Å². The van der Waals surface area contributed by atoms with E-state index >= 15 is 0 Å². The number of carboxylic acid groups (broad SMARTS) is 2. The summed E-state index contributed by atoms with van der Waals surface area (Å²) in [5.41, 5.74) is 5.96. The van der Waals surface area contributed by atoms with Crippen molar-refractivity contribution in [3.63, 3.8) is 0 Å². The van der Waals surface area contributed by atoms with E-state index in [1.165, 1.54) is 11.2 Å². The van der Waals surface area contributed by atoms with Crippen LogP contribution in [-0.4, -0.2) is 65.0 Å². The summed E-state index contributed by atoms with van der Waals surface area (Å²) in [5.74, 6) is -2.57. The molecule has 0 aliphatic carbocycles. The minimum Gasteiger partial charge on any atom is -0.480 e. The fourth-order valence-electron chi connectivity index (χ4n) is 2.42. The molecule has 7 N–H and O–H groups in total. The van der Waals surface area contributed by atoms with Crippen LogP contribution in [-0.2, 0) is 28.3 Å². The third-order valence-electron chi connectivity index (χ3n) is 4.06. The molecule has 1 aromatic carbocycles. The van der Waals surface area contributed by atoms with Gasteiger partial charge in [0.15, 0.2) is 0 Å². The molecule has 0 saturated carbocycles. The molecule has 0 bridgehead atoms. The number of anilines is 1. The Morgan fingerprint density at radius 1 is 1.21 bits per heavy atom. The van der Waals surface area contributed by atoms with Crippen molar-refractivity contribution in [1.29, 1.82) is 0 Å². The highest BCUT2D eigenvalue weighted by Gasteiger charge is 2.23. The molecule has 0 aliphatic rings. The first-order valence-corrected chi connectivity index (χ1v) is 12.9. The number of hydrogen-bond acceptors (Lipinski definition) is 8. The number of benzene rings is 1. The lowest BCUT2D eigenvalue weighted by molar-refractivity contribution is -0.139. The van der Waals surface area contributed by atoms with E-state index in [0.717, 1.165) is 11.8 Å². The van der Waals surface area contributed by atoms with Crippen molar-refractivity contribution in [3.05, 3.63) is 41.6 Å². The van der Waals surface area contributed by atoms with Crippen LogP contribution in [0.2, 0.25) is 0 Å². The molecular formula is C20H29N4O8PS. The van der Waals surface area contributed by atoms with Crippen molar-refractivity contribution >= 4 is 48.7 Å². The SMILES string of the molecule is CCOP(=O)(/C=C\SC[C@H](NC(=O)CC[C@H](N)C(=O)O)C(=O)NCC(=O)O)Nc1ccccc1. The second kappa shape index (κ2) is 15.1. The highest BCUT2D eigenvalue weighted by atomic mass is 32.2. The summed E-state index contributed by atoms with van der Waals surface area (Å²) in [5, 5.41) is 26.5. The largest absolute Gasteiger partial charge is 0.480 e. The van der Waals surface area contributed by atoms with Gasteiger partial charge in [-0.25, -0.2) is 0 Å². The van der Waals surface area contributed by atoms with E-state index in [0.29, 0.717) is 5.69 Å². The molecule has 0 heterocycles. The molecular weight excluding hydrogens is 487 g/mol. The average Bonchev–Trinajstić information content (AvgIpc) is 2.78. The molecule has 0 aromatic heterocycles. The third-order valence-corrected chi connectivity index (χ3v) is 6.87. The molecule has 1 aromatic rings. The number of para-hydroxylation sites is 1. The monoisotopic (exact) mass is 516 g/mol. The van der Waals surface area contributed by atoms with Crippen LogP contribution in [0.15, 0.2) is 41.6 Å². The molecule has 0 radical (unpaired) electrons. The zero-order chi connectivity index (χ0) is 25.6. The maximum Gasteiger partial charge on any atom is 0.322 e. The van der Waals surface area contributed by atoms with Gasteiger partial charge < -0.3 is 36.2 Å². The first-order valence-electron chi connectivity index (χ1n) is 10.2. The Bertz CT molecular complexity index is 915. The van der Waals surface area contributed by atoms with E-state index in [1.54, 1.807) is 31.2 Å². The Morgan fingerprint density at radius 3 is 2.47 bits per heavy atom. The van der Waals surface area contributed by atoms with Crippen LogP contribution in [0.1, 0.15) is 19.8 Å². The minimum absolute atomic E-state index is 0.0177. The zero-order valence-corrected chi connectivity index (χ0v) is 20.2. The fourth-order valence-corrected chi connectivity index (χ4v) is 5.06. The normalized spacial score (nSPS) is 14.5. The molecule has 34 heavy (non-hydrogen) atoms. The van der Waals surface area contributed by atoms with Gasteiger partial charge in [-0.2, -0.15) is 0 Å². The van der Waals surface area contributed by atoms with Crippen LogP contribution in [0.4, 0.5) is 5.69 Å². The van der Waals surface area contributed by atoms with Gasteiger partial charge in [0.25, 0.3) is 0 Å². The number of thioether (sulfide) groups is 1. The lowest BCUT2D eigenvalue weighted by Gasteiger charge is -2.18. The lowest BCUT2D eigenvalue weighted by atomic mass is 10.1. The van der Waals surface area contributed by atoms with Gasteiger partial charge in [0.1, 0.15) is 18.6 Å². The first-order chi connectivity index (χ1) is 16.1. The molecule has 0 saturated heterocycles. The van der Waals surface area contributed by atoms with Crippen LogP contribution in [0.25, 0.3) is 0 Å². The van der Waals surface area contributed by atoms with Crippen LogP contribution < -0.4 is 21.5 Å². The van der Waals surface area contributed by atoms with Crippen LogP contribution in [0.5, 0.6) is 0 Å². The van der Waals surface area contributed by atoms with E-state index in [2.05, 4.69) is 15.7 Å².